The van der Waals surface area contributed by atoms with E-state index in [1.54, 1.807) is 6.20 Å². The van der Waals surface area contributed by atoms with E-state index >= 15 is 0 Å². The van der Waals surface area contributed by atoms with Crippen LogP contribution in [0.3, 0.4) is 0 Å². The van der Waals surface area contributed by atoms with Crippen LogP contribution in [0.15, 0.2) is 18.3 Å². The molecule has 0 aliphatic carbocycles. The van der Waals surface area contributed by atoms with Gasteiger partial charge in [-0.1, -0.05) is 6.07 Å². The molecule has 0 amide bonds. The molecule has 2 rings (SSSR count). The third kappa shape index (κ3) is 2.11. The average Bonchev–Trinajstić information content (AvgIpc) is 2.30. The van der Waals surface area contributed by atoms with Gasteiger partial charge in [-0.3, -0.25) is 9.88 Å². The van der Waals surface area contributed by atoms with E-state index in [1.165, 1.54) is 5.56 Å². The molecule has 0 saturated carbocycles. The Kier molecular flexibility index (Phi) is 3.11. The summed E-state index contributed by atoms with van der Waals surface area (Å²) in [5.41, 5.74) is 1.19. The summed E-state index contributed by atoms with van der Waals surface area (Å²) in [5, 5.41) is 3.35. The molecule has 3 heteroatoms. The summed E-state index contributed by atoms with van der Waals surface area (Å²) in [4.78, 5) is 6.50. The Balaban J connectivity index is 2.03. The van der Waals surface area contributed by atoms with Gasteiger partial charge in [0.25, 0.3) is 0 Å². The van der Waals surface area contributed by atoms with Crippen molar-refractivity contribution in [1.29, 1.82) is 0 Å². The molecule has 0 bridgehead atoms. The molecule has 1 aliphatic rings. The molecule has 1 aliphatic heterocycles. The topological polar surface area (TPSA) is 28.2 Å². The highest BCUT2D eigenvalue weighted by Gasteiger charge is 2.17. The standard InChI is InChI=1S/C11H16N3/c1-10(11-3-2-4-13-9-11)14-7-5-12-6-8-14/h2-4,10,12H,5-8H2,1H3. The highest BCUT2D eigenvalue weighted by Crippen LogP contribution is 2.18. The summed E-state index contributed by atoms with van der Waals surface area (Å²) in [7, 11) is 0. The van der Waals surface area contributed by atoms with Gasteiger partial charge >= 0.3 is 0 Å². The van der Waals surface area contributed by atoms with E-state index in [4.69, 9.17) is 0 Å². The van der Waals surface area contributed by atoms with Crippen molar-refractivity contribution in [3.8, 4) is 0 Å². The van der Waals surface area contributed by atoms with Crippen molar-refractivity contribution in [3.63, 3.8) is 0 Å². The Morgan fingerprint density at radius 2 is 2.29 bits per heavy atom. The van der Waals surface area contributed by atoms with Crippen LogP contribution in [0.25, 0.3) is 0 Å². The van der Waals surface area contributed by atoms with Gasteiger partial charge in [0.15, 0.2) is 0 Å². The van der Waals surface area contributed by atoms with Crippen molar-refractivity contribution < 1.29 is 0 Å². The van der Waals surface area contributed by atoms with Crippen LogP contribution in [0.4, 0.5) is 0 Å². The van der Waals surface area contributed by atoms with Crippen LogP contribution < -0.4 is 5.32 Å². The Hall–Kier alpha value is -0.930. The first-order chi connectivity index (χ1) is 6.88. The van der Waals surface area contributed by atoms with Crippen LogP contribution in [0, 0.1) is 6.20 Å². The van der Waals surface area contributed by atoms with Crippen molar-refractivity contribution in [3.05, 3.63) is 30.1 Å². The third-order valence-electron chi connectivity index (χ3n) is 2.78. The Morgan fingerprint density at radius 1 is 1.50 bits per heavy atom. The first kappa shape index (κ1) is 9.62. The molecular formula is C11H16N3. The maximum Gasteiger partial charge on any atom is 0.0937 e. The number of pyridine rings is 1. The molecule has 1 aromatic heterocycles. The van der Waals surface area contributed by atoms with Gasteiger partial charge in [-0.25, -0.2) is 0 Å². The summed E-state index contributed by atoms with van der Waals surface area (Å²) in [6, 6.07) is 4.51. The number of hydrogen-bond acceptors (Lipinski definition) is 3. The lowest BCUT2D eigenvalue weighted by atomic mass is 10.1. The minimum absolute atomic E-state index is 0.436. The molecule has 1 atom stereocenters. The highest BCUT2D eigenvalue weighted by atomic mass is 15.2. The quantitative estimate of drug-likeness (QED) is 0.749. The van der Waals surface area contributed by atoms with Gasteiger partial charge in [0.2, 0.25) is 0 Å². The van der Waals surface area contributed by atoms with Gasteiger partial charge in [0, 0.05) is 38.4 Å². The minimum Gasteiger partial charge on any atom is -0.314 e. The van der Waals surface area contributed by atoms with Crippen molar-refractivity contribution in [2.45, 2.75) is 13.0 Å². The van der Waals surface area contributed by atoms with Gasteiger partial charge in [-0.15, -0.1) is 0 Å². The molecule has 0 aromatic carbocycles. The fraction of sp³-hybridized carbons (Fsp3) is 0.545. The monoisotopic (exact) mass is 190 g/mol. The lowest BCUT2D eigenvalue weighted by Crippen LogP contribution is -2.44. The molecule has 1 N–H and O–H groups in total. The van der Waals surface area contributed by atoms with Crippen molar-refractivity contribution in [2.75, 3.05) is 26.2 Å². The maximum atomic E-state index is 4.03. The zero-order valence-corrected chi connectivity index (χ0v) is 8.53. The van der Waals surface area contributed by atoms with Crippen molar-refractivity contribution >= 4 is 0 Å². The van der Waals surface area contributed by atoms with Gasteiger partial charge in [-0.2, -0.15) is 0 Å². The highest BCUT2D eigenvalue weighted by molar-refractivity contribution is 5.12. The zero-order chi connectivity index (χ0) is 9.80. The molecule has 1 radical (unpaired) electrons. The van der Waals surface area contributed by atoms with Crippen molar-refractivity contribution in [1.82, 2.24) is 15.2 Å². The van der Waals surface area contributed by atoms with E-state index in [0.717, 1.165) is 26.2 Å². The predicted molar refractivity (Wildman–Crippen MR) is 55.9 cm³/mol. The first-order valence-corrected chi connectivity index (χ1v) is 5.15. The summed E-state index contributed by atoms with van der Waals surface area (Å²) in [6.07, 6.45) is 4.83. The van der Waals surface area contributed by atoms with Crippen molar-refractivity contribution in [2.24, 2.45) is 0 Å². The van der Waals surface area contributed by atoms with E-state index < -0.39 is 0 Å². The lowest BCUT2D eigenvalue weighted by Gasteiger charge is -2.32. The van der Waals surface area contributed by atoms with Crippen LogP contribution >= 0.6 is 0 Å². The average molecular weight is 190 g/mol. The summed E-state index contributed by atoms with van der Waals surface area (Å²) >= 11 is 0. The molecule has 1 unspecified atom stereocenters. The number of rotatable bonds is 2. The molecule has 1 saturated heterocycles. The number of piperazine rings is 1. The van der Waals surface area contributed by atoms with Gasteiger partial charge in [-0.05, 0) is 18.6 Å². The maximum absolute atomic E-state index is 4.03. The zero-order valence-electron chi connectivity index (χ0n) is 8.53. The third-order valence-corrected chi connectivity index (χ3v) is 2.78. The van der Waals surface area contributed by atoms with Crippen LogP contribution in [0.5, 0.6) is 0 Å². The normalized spacial score (nSPS) is 20.6. The molecule has 75 valence electrons. The Labute approximate surface area is 85.1 Å². The minimum atomic E-state index is 0.436. The van der Waals surface area contributed by atoms with Crippen LogP contribution in [0.2, 0.25) is 0 Å². The molecular weight excluding hydrogens is 174 g/mol. The van der Waals surface area contributed by atoms with E-state index in [0.29, 0.717) is 6.04 Å². The number of nitrogens with zero attached hydrogens (tertiary/aromatic N) is 2. The second-order valence-corrected chi connectivity index (χ2v) is 3.67. The van der Waals surface area contributed by atoms with Crippen LogP contribution in [-0.4, -0.2) is 36.1 Å². The van der Waals surface area contributed by atoms with Crippen LogP contribution in [-0.2, 0) is 0 Å². The van der Waals surface area contributed by atoms with E-state index in [9.17, 15) is 0 Å². The number of nitrogens with one attached hydrogen (secondary N) is 1. The molecule has 0 spiro atoms. The first-order valence-electron chi connectivity index (χ1n) is 5.15. The number of aromatic nitrogens is 1. The predicted octanol–water partition coefficient (Wildman–Crippen LogP) is 0.848. The summed E-state index contributed by atoms with van der Waals surface area (Å²) in [6.45, 7) is 6.63. The van der Waals surface area contributed by atoms with E-state index in [-0.39, 0.29) is 0 Å². The Morgan fingerprint density at radius 3 is 2.93 bits per heavy atom. The fourth-order valence-corrected chi connectivity index (χ4v) is 1.84. The van der Waals surface area contributed by atoms with Gasteiger partial charge in [0.1, 0.15) is 0 Å². The van der Waals surface area contributed by atoms with E-state index in [2.05, 4.69) is 34.4 Å². The molecule has 1 aromatic rings. The molecule has 1 fully saturated rings. The SMILES string of the molecule is CC(c1[c]nccc1)N1CCNCC1. The summed E-state index contributed by atoms with van der Waals surface area (Å²) < 4.78 is 0. The molecule has 2 heterocycles. The van der Waals surface area contributed by atoms with E-state index in [1.807, 2.05) is 6.07 Å². The smallest absolute Gasteiger partial charge is 0.0937 e. The summed E-state index contributed by atoms with van der Waals surface area (Å²) in [5.74, 6) is 0. The van der Waals surface area contributed by atoms with Gasteiger partial charge < -0.3 is 5.32 Å². The largest absolute Gasteiger partial charge is 0.314 e. The van der Waals surface area contributed by atoms with Crippen LogP contribution in [0.1, 0.15) is 18.5 Å². The second kappa shape index (κ2) is 4.53. The Bertz CT molecular complexity index is 267. The van der Waals surface area contributed by atoms with Gasteiger partial charge in [0.05, 0.1) is 6.20 Å². The molecule has 14 heavy (non-hydrogen) atoms. The second-order valence-electron chi connectivity index (χ2n) is 3.67. The molecule has 3 nitrogen and oxygen atoms in total. The fourth-order valence-electron chi connectivity index (χ4n) is 1.84. The lowest BCUT2D eigenvalue weighted by molar-refractivity contribution is 0.185. The number of hydrogen-bond donors (Lipinski definition) is 1.